The minimum atomic E-state index is -4.21. The standard InChI is InChI=1S/C10H21O5P/c1-4-6-10(7-5-2,9(11)15-3)8-16(12,13)14/h4-8H2,1-3H3,(H2,12,13,14). The molecule has 0 aliphatic heterocycles. The largest absolute Gasteiger partial charge is 0.469 e. The molecule has 0 fully saturated rings. The minimum absolute atomic E-state index is 0.422. The predicted molar refractivity (Wildman–Crippen MR) is 61.2 cm³/mol. The topological polar surface area (TPSA) is 83.8 Å². The van der Waals surface area contributed by atoms with E-state index in [1.54, 1.807) is 0 Å². The van der Waals surface area contributed by atoms with Gasteiger partial charge >= 0.3 is 13.6 Å². The number of carbonyl (C=O) groups is 1. The van der Waals surface area contributed by atoms with Gasteiger partial charge in [0.15, 0.2) is 0 Å². The first-order valence-corrected chi connectivity index (χ1v) is 7.24. The van der Waals surface area contributed by atoms with Crippen LogP contribution in [0.4, 0.5) is 0 Å². The van der Waals surface area contributed by atoms with E-state index in [9.17, 15) is 9.36 Å². The van der Waals surface area contributed by atoms with E-state index in [1.807, 2.05) is 13.8 Å². The molecule has 0 saturated heterocycles. The lowest BCUT2D eigenvalue weighted by Gasteiger charge is -2.30. The second kappa shape index (κ2) is 6.38. The van der Waals surface area contributed by atoms with E-state index in [4.69, 9.17) is 9.79 Å². The molecule has 2 N–H and O–H groups in total. The second-order valence-electron chi connectivity index (χ2n) is 4.09. The van der Waals surface area contributed by atoms with E-state index in [-0.39, 0.29) is 0 Å². The molecule has 6 heteroatoms. The highest BCUT2D eigenvalue weighted by Crippen LogP contribution is 2.46. The Balaban J connectivity index is 5.07. The molecular formula is C10H21O5P. The first kappa shape index (κ1) is 15.6. The van der Waals surface area contributed by atoms with Gasteiger partial charge in [0.25, 0.3) is 0 Å². The molecule has 0 radical (unpaired) electrons. The lowest BCUT2D eigenvalue weighted by molar-refractivity contribution is -0.152. The van der Waals surface area contributed by atoms with Gasteiger partial charge in [-0.25, -0.2) is 0 Å². The van der Waals surface area contributed by atoms with Gasteiger partial charge in [0, 0.05) is 0 Å². The number of esters is 1. The molecule has 5 nitrogen and oxygen atoms in total. The summed E-state index contributed by atoms with van der Waals surface area (Å²) < 4.78 is 15.8. The van der Waals surface area contributed by atoms with Crippen molar-refractivity contribution in [3.05, 3.63) is 0 Å². The number of hydrogen-bond donors (Lipinski definition) is 2. The Labute approximate surface area is 96.4 Å². The van der Waals surface area contributed by atoms with Gasteiger partial charge in [0.1, 0.15) is 0 Å². The summed E-state index contributed by atoms with van der Waals surface area (Å²) in [5.74, 6) is -0.514. The predicted octanol–water partition coefficient (Wildman–Crippen LogP) is 1.92. The molecule has 0 unspecified atom stereocenters. The highest BCUT2D eigenvalue weighted by molar-refractivity contribution is 7.51. The highest BCUT2D eigenvalue weighted by Gasteiger charge is 2.43. The van der Waals surface area contributed by atoms with Gasteiger partial charge in [-0.15, -0.1) is 0 Å². The molecule has 0 rings (SSSR count). The summed E-state index contributed by atoms with van der Waals surface area (Å²) in [6, 6.07) is 0. The summed E-state index contributed by atoms with van der Waals surface area (Å²) in [5, 5.41) is 0. The van der Waals surface area contributed by atoms with E-state index in [0.717, 1.165) is 0 Å². The molecule has 96 valence electrons. The summed E-state index contributed by atoms with van der Waals surface area (Å²) in [4.78, 5) is 29.8. The molecule has 0 aliphatic rings. The summed E-state index contributed by atoms with van der Waals surface area (Å²) in [7, 11) is -2.96. The fourth-order valence-corrected chi connectivity index (χ4v) is 3.35. The number of carbonyl (C=O) groups excluding carboxylic acids is 1. The molecule has 16 heavy (non-hydrogen) atoms. The fourth-order valence-electron chi connectivity index (χ4n) is 2.12. The maximum Gasteiger partial charge on any atom is 0.326 e. The Morgan fingerprint density at radius 1 is 1.25 bits per heavy atom. The number of hydrogen-bond acceptors (Lipinski definition) is 3. The van der Waals surface area contributed by atoms with Crippen LogP contribution >= 0.6 is 7.60 Å². The SMILES string of the molecule is CCCC(CCC)(CP(=O)(O)O)C(=O)OC. The van der Waals surface area contributed by atoms with Crippen molar-refractivity contribution >= 4 is 13.6 Å². The van der Waals surface area contributed by atoms with Crippen molar-refractivity contribution in [2.45, 2.75) is 39.5 Å². The van der Waals surface area contributed by atoms with Crippen molar-refractivity contribution in [2.24, 2.45) is 5.41 Å². The van der Waals surface area contributed by atoms with E-state index in [2.05, 4.69) is 4.74 Å². The van der Waals surface area contributed by atoms with Crippen molar-refractivity contribution in [2.75, 3.05) is 13.3 Å². The van der Waals surface area contributed by atoms with Crippen molar-refractivity contribution in [3.63, 3.8) is 0 Å². The third-order valence-electron chi connectivity index (χ3n) is 2.58. The van der Waals surface area contributed by atoms with Gasteiger partial charge in [-0.05, 0) is 12.8 Å². The molecule has 0 atom stereocenters. The third-order valence-corrected chi connectivity index (χ3v) is 3.60. The Hall–Kier alpha value is -0.380. The molecule has 0 spiro atoms. The molecule has 0 aromatic carbocycles. The Bertz CT molecular complexity index is 264. The highest BCUT2D eigenvalue weighted by atomic mass is 31.2. The average Bonchev–Trinajstić information content (AvgIpc) is 2.14. The van der Waals surface area contributed by atoms with E-state index >= 15 is 0 Å². The van der Waals surface area contributed by atoms with Crippen molar-refractivity contribution in [1.82, 2.24) is 0 Å². The van der Waals surface area contributed by atoms with E-state index in [1.165, 1.54) is 7.11 Å². The zero-order chi connectivity index (χ0) is 12.8. The van der Waals surface area contributed by atoms with Gasteiger partial charge in [-0.2, -0.15) is 0 Å². The Kier molecular flexibility index (Phi) is 6.23. The van der Waals surface area contributed by atoms with E-state index in [0.29, 0.717) is 25.7 Å². The van der Waals surface area contributed by atoms with Crippen LogP contribution in [-0.4, -0.2) is 29.0 Å². The maximum absolute atomic E-state index is 11.7. The molecule has 0 heterocycles. The summed E-state index contributed by atoms with van der Waals surface area (Å²) in [5.41, 5.74) is -1.03. The van der Waals surface area contributed by atoms with Crippen LogP contribution in [0.5, 0.6) is 0 Å². The lowest BCUT2D eigenvalue weighted by atomic mass is 9.81. The molecule has 0 amide bonds. The maximum atomic E-state index is 11.7. The van der Waals surface area contributed by atoms with Crippen LogP contribution in [0.2, 0.25) is 0 Å². The van der Waals surface area contributed by atoms with Crippen molar-refractivity contribution in [1.29, 1.82) is 0 Å². The summed E-state index contributed by atoms with van der Waals surface area (Å²) >= 11 is 0. The van der Waals surface area contributed by atoms with Crippen LogP contribution in [0.3, 0.4) is 0 Å². The molecular weight excluding hydrogens is 231 g/mol. The smallest absolute Gasteiger partial charge is 0.326 e. The van der Waals surface area contributed by atoms with Crippen LogP contribution in [0, 0.1) is 5.41 Å². The van der Waals surface area contributed by atoms with Gasteiger partial charge in [0.2, 0.25) is 0 Å². The minimum Gasteiger partial charge on any atom is -0.469 e. The van der Waals surface area contributed by atoms with Crippen LogP contribution in [-0.2, 0) is 14.1 Å². The van der Waals surface area contributed by atoms with Crippen molar-refractivity contribution < 1.29 is 23.9 Å². The normalized spacial score (nSPS) is 12.6. The van der Waals surface area contributed by atoms with Gasteiger partial charge in [-0.1, -0.05) is 26.7 Å². The van der Waals surface area contributed by atoms with Crippen LogP contribution in [0.15, 0.2) is 0 Å². The molecule has 0 aliphatic carbocycles. The monoisotopic (exact) mass is 252 g/mol. The van der Waals surface area contributed by atoms with Gasteiger partial charge in [0.05, 0.1) is 18.7 Å². The van der Waals surface area contributed by atoms with Gasteiger partial charge < -0.3 is 14.5 Å². The Morgan fingerprint density at radius 2 is 1.69 bits per heavy atom. The summed E-state index contributed by atoms with van der Waals surface area (Å²) in [6.45, 7) is 3.76. The second-order valence-corrected chi connectivity index (χ2v) is 5.74. The fraction of sp³-hybridized carbons (Fsp3) is 0.900. The van der Waals surface area contributed by atoms with Crippen LogP contribution in [0.25, 0.3) is 0 Å². The lowest BCUT2D eigenvalue weighted by Crippen LogP contribution is -2.36. The molecule has 0 aromatic heterocycles. The molecule has 0 aromatic rings. The summed E-state index contributed by atoms with van der Waals surface area (Å²) in [6.07, 6.45) is 1.84. The zero-order valence-electron chi connectivity index (χ0n) is 10.1. The quantitative estimate of drug-likeness (QED) is 0.534. The molecule has 0 bridgehead atoms. The van der Waals surface area contributed by atoms with Crippen molar-refractivity contribution in [3.8, 4) is 0 Å². The number of rotatable bonds is 7. The first-order valence-electron chi connectivity index (χ1n) is 5.44. The first-order chi connectivity index (χ1) is 7.31. The zero-order valence-corrected chi connectivity index (χ0v) is 11.0. The number of methoxy groups -OCH3 is 1. The van der Waals surface area contributed by atoms with Gasteiger partial charge in [-0.3, -0.25) is 9.36 Å². The number of ether oxygens (including phenoxy) is 1. The van der Waals surface area contributed by atoms with E-state index < -0.39 is 25.1 Å². The van der Waals surface area contributed by atoms with Crippen LogP contribution in [0.1, 0.15) is 39.5 Å². The van der Waals surface area contributed by atoms with Crippen LogP contribution < -0.4 is 0 Å². The third kappa shape index (κ3) is 4.64. The molecule has 0 saturated carbocycles. The Morgan fingerprint density at radius 3 is 1.94 bits per heavy atom. The average molecular weight is 252 g/mol.